The van der Waals surface area contributed by atoms with Crippen molar-refractivity contribution in [3.8, 4) is 0 Å². The zero-order valence-electron chi connectivity index (χ0n) is 15.8. The minimum absolute atomic E-state index is 0.0124. The predicted octanol–water partition coefficient (Wildman–Crippen LogP) is 4.26. The van der Waals surface area contributed by atoms with Crippen molar-refractivity contribution in [2.24, 2.45) is 0 Å². The molecule has 2 aromatic carbocycles. The summed E-state index contributed by atoms with van der Waals surface area (Å²) in [5.41, 5.74) is 3.22. The molecule has 0 amide bonds. The van der Waals surface area contributed by atoms with Gasteiger partial charge in [-0.2, -0.15) is 4.98 Å². The molecular formula is C21H20N4O3. The summed E-state index contributed by atoms with van der Waals surface area (Å²) in [5.74, 6) is 0.545. The third-order valence-corrected chi connectivity index (χ3v) is 3.94. The number of hydrogen-bond acceptors (Lipinski definition) is 7. The number of ether oxygens (including phenoxy) is 1. The number of aromatic nitrogens is 2. The molecule has 0 aliphatic rings. The van der Waals surface area contributed by atoms with Crippen LogP contribution in [0.4, 0.5) is 23.1 Å². The molecule has 2 N–H and O–H groups in total. The van der Waals surface area contributed by atoms with Gasteiger partial charge in [0.05, 0.1) is 12.7 Å². The number of Topliss-reactive ketones (excluding diaryl/α,β-unsaturated/α-hetero) is 1. The molecule has 0 saturated carbocycles. The number of carbonyl (C=O) groups is 2. The molecule has 0 unspecified atom stereocenters. The highest BCUT2D eigenvalue weighted by Gasteiger charge is 2.08. The fraction of sp³-hybridized carbons (Fsp3) is 0.143. The second-order valence-electron chi connectivity index (χ2n) is 6.18. The molecular weight excluding hydrogens is 356 g/mol. The molecule has 1 heterocycles. The average molecular weight is 376 g/mol. The third-order valence-electron chi connectivity index (χ3n) is 3.94. The van der Waals surface area contributed by atoms with Crippen LogP contribution in [0.15, 0.2) is 54.6 Å². The number of anilines is 4. The summed E-state index contributed by atoms with van der Waals surface area (Å²) in [6, 6.07) is 15.9. The van der Waals surface area contributed by atoms with Crippen LogP contribution < -0.4 is 10.6 Å². The fourth-order valence-corrected chi connectivity index (χ4v) is 2.62. The van der Waals surface area contributed by atoms with E-state index in [0.717, 1.165) is 11.4 Å². The number of esters is 1. The summed E-state index contributed by atoms with van der Waals surface area (Å²) in [6.07, 6.45) is 0. The molecule has 28 heavy (non-hydrogen) atoms. The Balaban J connectivity index is 1.83. The van der Waals surface area contributed by atoms with E-state index in [1.807, 2.05) is 19.1 Å². The van der Waals surface area contributed by atoms with Crippen molar-refractivity contribution < 1.29 is 14.3 Å². The Bertz CT molecular complexity index is 1030. The highest BCUT2D eigenvalue weighted by Crippen LogP contribution is 2.21. The molecule has 142 valence electrons. The van der Waals surface area contributed by atoms with Crippen LogP contribution in [-0.4, -0.2) is 28.8 Å². The summed E-state index contributed by atoms with van der Waals surface area (Å²) < 4.78 is 4.75. The van der Waals surface area contributed by atoms with E-state index >= 15 is 0 Å². The van der Waals surface area contributed by atoms with Gasteiger partial charge in [-0.05, 0) is 44.2 Å². The minimum atomic E-state index is -0.407. The summed E-state index contributed by atoms with van der Waals surface area (Å²) in [7, 11) is 1.34. The van der Waals surface area contributed by atoms with E-state index in [-0.39, 0.29) is 5.78 Å². The molecule has 0 aliphatic carbocycles. The van der Waals surface area contributed by atoms with Gasteiger partial charge in [-0.1, -0.05) is 18.2 Å². The monoisotopic (exact) mass is 376 g/mol. The standard InChI is InChI=1S/C21H20N4O3/c1-13-10-19(23-17-8-5-7-16(12-17)20(27)28-3)25-21(22-13)24-18-9-4-6-15(11-18)14(2)26/h4-12H,1-3H3,(H2,22,23,24,25). The van der Waals surface area contributed by atoms with Crippen LogP contribution in [0.25, 0.3) is 0 Å². The maximum absolute atomic E-state index is 11.7. The van der Waals surface area contributed by atoms with Crippen molar-refractivity contribution in [2.45, 2.75) is 13.8 Å². The van der Waals surface area contributed by atoms with E-state index < -0.39 is 5.97 Å². The lowest BCUT2D eigenvalue weighted by Crippen LogP contribution is -2.04. The van der Waals surface area contributed by atoms with Crippen LogP contribution in [0.5, 0.6) is 0 Å². The van der Waals surface area contributed by atoms with Gasteiger partial charge >= 0.3 is 5.97 Å². The second-order valence-corrected chi connectivity index (χ2v) is 6.18. The third kappa shape index (κ3) is 4.70. The van der Waals surface area contributed by atoms with E-state index in [0.29, 0.717) is 28.6 Å². The van der Waals surface area contributed by atoms with Crippen LogP contribution in [-0.2, 0) is 4.74 Å². The number of hydrogen-bond donors (Lipinski definition) is 2. The normalized spacial score (nSPS) is 10.2. The van der Waals surface area contributed by atoms with Crippen LogP contribution in [0, 0.1) is 6.92 Å². The Kier molecular flexibility index (Phi) is 5.64. The number of nitrogens with zero attached hydrogens (tertiary/aromatic N) is 2. The van der Waals surface area contributed by atoms with Gasteiger partial charge in [0.25, 0.3) is 0 Å². The summed E-state index contributed by atoms with van der Waals surface area (Å²) in [5, 5.41) is 6.28. The van der Waals surface area contributed by atoms with Crippen molar-refractivity contribution in [1.82, 2.24) is 9.97 Å². The summed E-state index contributed by atoms with van der Waals surface area (Å²) in [4.78, 5) is 32.1. The smallest absolute Gasteiger partial charge is 0.337 e. The molecule has 0 aliphatic heterocycles. The molecule has 0 bridgehead atoms. The molecule has 0 spiro atoms. The average Bonchev–Trinajstić information content (AvgIpc) is 2.67. The van der Waals surface area contributed by atoms with E-state index in [9.17, 15) is 9.59 Å². The molecule has 1 aromatic heterocycles. The van der Waals surface area contributed by atoms with Crippen molar-refractivity contribution >= 4 is 34.9 Å². The van der Waals surface area contributed by atoms with Crippen LogP contribution in [0.2, 0.25) is 0 Å². The van der Waals surface area contributed by atoms with Gasteiger partial charge < -0.3 is 15.4 Å². The first-order chi connectivity index (χ1) is 13.4. The van der Waals surface area contributed by atoms with Crippen molar-refractivity contribution in [3.63, 3.8) is 0 Å². The molecule has 3 rings (SSSR count). The summed E-state index contributed by atoms with van der Waals surface area (Å²) in [6.45, 7) is 3.38. The highest BCUT2D eigenvalue weighted by molar-refractivity contribution is 5.95. The van der Waals surface area contributed by atoms with E-state index in [2.05, 4.69) is 20.6 Å². The first kappa shape index (κ1) is 19.0. The highest BCUT2D eigenvalue weighted by atomic mass is 16.5. The lowest BCUT2D eigenvalue weighted by molar-refractivity contribution is 0.0600. The van der Waals surface area contributed by atoms with Gasteiger partial charge in [-0.25, -0.2) is 9.78 Å². The largest absolute Gasteiger partial charge is 0.465 e. The SMILES string of the molecule is COC(=O)c1cccc(Nc2cc(C)nc(Nc3cccc(C(C)=O)c3)n2)c1. The van der Waals surface area contributed by atoms with Gasteiger partial charge in [0, 0.05) is 28.7 Å². The Labute approximate surface area is 162 Å². The number of ketones is 1. The van der Waals surface area contributed by atoms with Gasteiger partial charge in [-0.3, -0.25) is 4.79 Å². The number of benzene rings is 2. The van der Waals surface area contributed by atoms with Crippen LogP contribution >= 0.6 is 0 Å². The molecule has 7 heteroatoms. The van der Waals surface area contributed by atoms with E-state index in [4.69, 9.17) is 4.74 Å². The zero-order chi connectivity index (χ0) is 20.1. The molecule has 0 radical (unpaired) electrons. The van der Waals surface area contributed by atoms with E-state index in [1.165, 1.54) is 14.0 Å². The van der Waals surface area contributed by atoms with Crippen molar-refractivity contribution in [2.75, 3.05) is 17.7 Å². The quantitative estimate of drug-likeness (QED) is 0.490. The first-order valence-electron chi connectivity index (χ1n) is 8.64. The fourth-order valence-electron chi connectivity index (χ4n) is 2.62. The molecule has 0 saturated heterocycles. The van der Waals surface area contributed by atoms with Gasteiger partial charge in [-0.15, -0.1) is 0 Å². The minimum Gasteiger partial charge on any atom is -0.465 e. The Hall–Kier alpha value is -3.74. The predicted molar refractivity (Wildman–Crippen MR) is 108 cm³/mol. The van der Waals surface area contributed by atoms with Gasteiger partial charge in [0.1, 0.15) is 5.82 Å². The number of rotatable bonds is 6. The van der Waals surface area contributed by atoms with Gasteiger partial charge in [0.2, 0.25) is 5.95 Å². The second kappa shape index (κ2) is 8.30. The lowest BCUT2D eigenvalue weighted by atomic mass is 10.1. The first-order valence-corrected chi connectivity index (χ1v) is 8.64. The Morgan fingerprint density at radius 3 is 2.21 bits per heavy atom. The maximum atomic E-state index is 11.7. The molecule has 0 atom stereocenters. The molecule has 0 fully saturated rings. The Morgan fingerprint density at radius 1 is 0.893 bits per heavy atom. The zero-order valence-corrected chi connectivity index (χ0v) is 15.8. The molecule has 7 nitrogen and oxygen atoms in total. The van der Waals surface area contributed by atoms with Crippen molar-refractivity contribution in [3.05, 3.63) is 71.4 Å². The lowest BCUT2D eigenvalue weighted by Gasteiger charge is -2.11. The van der Waals surface area contributed by atoms with Gasteiger partial charge in [0.15, 0.2) is 5.78 Å². The topological polar surface area (TPSA) is 93.2 Å². The van der Waals surface area contributed by atoms with Crippen LogP contribution in [0.3, 0.4) is 0 Å². The maximum Gasteiger partial charge on any atom is 0.337 e. The van der Waals surface area contributed by atoms with Crippen LogP contribution in [0.1, 0.15) is 33.3 Å². The number of nitrogens with one attached hydrogen (secondary N) is 2. The Morgan fingerprint density at radius 2 is 1.54 bits per heavy atom. The molecule has 3 aromatic rings. The summed E-state index contributed by atoms with van der Waals surface area (Å²) >= 11 is 0. The van der Waals surface area contributed by atoms with E-state index in [1.54, 1.807) is 42.5 Å². The van der Waals surface area contributed by atoms with Crippen molar-refractivity contribution in [1.29, 1.82) is 0 Å². The number of methoxy groups -OCH3 is 1. The number of aryl methyl sites for hydroxylation is 1. The number of carbonyl (C=O) groups excluding carboxylic acids is 2.